The highest BCUT2D eigenvalue weighted by Crippen LogP contribution is 2.37. The van der Waals surface area contributed by atoms with Gasteiger partial charge in [0.15, 0.2) is 0 Å². The van der Waals surface area contributed by atoms with Gasteiger partial charge in [-0.05, 0) is 67.5 Å². The molecule has 2 atom stereocenters. The maximum Gasteiger partial charge on any atom is 0.326 e. The first kappa shape index (κ1) is 23.8. The summed E-state index contributed by atoms with van der Waals surface area (Å²) in [6.07, 6.45) is 3.35. The van der Waals surface area contributed by atoms with Crippen LogP contribution in [0.5, 0.6) is 5.75 Å². The topological polar surface area (TPSA) is 71.8 Å². The minimum atomic E-state index is -0.891. The second-order valence-corrected chi connectivity index (χ2v) is 8.93. The minimum absolute atomic E-state index is 0.0232. The van der Waals surface area contributed by atoms with E-state index >= 15 is 0 Å². The molecule has 1 aromatic heterocycles. The zero-order chi connectivity index (χ0) is 24.4. The Morgan fingerprint density at radius 3 is 2.74 bits per heavy atom. The maximum absolute atomic E-state index is 14.2. The number of aliphatic carboxylic acids is 1. The van der Waals surface area contributed by atoms with E-state index in [1.165, 1.54) is 12.1 Å². The number of rotatable bonds is 8. The number of aryl methyl sites for hydroxylation is 1. The summed E-state index contributed by atoms with van der Waals surface area (Å²) in [6.45, 7) is 1.85. The third kappa shape index (κ3) is 4.39. The standard InChI is InChI=1S/C27H31FN2O4/c1-4-22(27(32)33)30-23-12-10-18(28)15-20(23)21-16-19(11-13-24(21)30)29(2)26(31)14-9-17-7-5-6-8-25(17)34-3/h5-8,10,12,15,19,22H,4,9,11,13-14,16H2,1-3H3,(H,32,33). The first-order chi connectivity index (χ1) is 16.3. The predicted molar refractivity (Wildman–Crippen MR) is 129 cm³/mol. The van der Waals surface area contributed by atoms with Gasteiger partial charge in [0.2, 0.25) is 5.91 Å². The van der Waals surface area contributed by atoms with Crippen LogP contribution in [0, 0.1) is 5.82 Å². The second-order valence-electron chi connectivity index (χ2n) is 8.93. The van der Waals surface area contributed by atoms with Crippen LogP contribution >= 0.6 is 0 Å². The third-order valence-electron chi connectivity index (χ3n) is 7.06. The lowest BCUT2D eigenvalue weighted by Gasteiger charge is -2.32. The van der Waals surface area contributed by atoms with Gasteiger partial charge in [0.1, 0.15) is 17.6 Å². The average Bonchev–Trinajstić information content (AvgIpc) is 3.15. The molecule has 1 aliphatic rings. The van der Waals surface area contributed by atoms with Gasteiger partial charge in [-0.3, -0.25) is 4.79 Å². The number of amides is 1. The van der Waals surface area contributed by atoms with Crippen molar-refractivity contribution in [3.63, 3.8) is 0 Å². The van der Waals surface area contributed by atoms with Crippen molar-refractivity contribution < 1.29 is 23.8 Å². The van der Waals surface area contributed by atoms with E-state index in [9.17, 15) is 19.1 Å². The lowest BCUT2D eigenvalue weighted by Crippen LogP contribution is -2.41. The number of nitrogens with zero attached hydrogens (tertiary/aromatic N) is 2. The second kappa shape index (κ2) is 9.87. The molecule has 180 valence electrons. The third-order valence-corrected chi connectivity index (χ3v) is 7.06. The molecule has 0 aliphatic heterocycles. The van der Waals surface area contributed by atoms with Crippen LogP contribution in [0.3, 0.4) is 0 Å². The highest BCUT2D eigenvalue weighted by molar-refractivity contribution is 5.88. The fourth-order valence-electron chi connectivity index (χ4n) is 5.23. The minimum Gasteiger partial charge on any atom is -0.496 e. The molecule has 6 nitrogen and oxygen atoms in total. The molecular formula is C27H31FN2O4. The van der Waals surface area contributed by atoms with Crippen LogP contribution in [-0.2, 0) is 28.9 Å². The van der Waals surface area contributed by atoms with Gasteiger partial charge in [-0.15, -0.1) is 0 Å². The number of halogens is 1. The highest BCUT2D eigenvalue weighted by Gasteiger charge is 2.32. The molecule has 4 rings (SSSR count). The van der Waals surface area contributed by atoms with Gasteiger partial charge in [0, 0.05) is 36.1 Å². The molecule has 1 N–H and O–H groups in total. The fraction of sp³-hybridized carbons (Fsp3) is 0.407. The molecule has 0 spiro atoms. The molecule has 0 saturated heterocycles. The van der Waals surface area contributed by atoms with E-state index in [0.29, 0.717) is 32.1 Å². The van der Waals surface area contributed by atoms with Gasteiger partial charge in [0.25, 0.3) is 0 Å². The molecule has 0 saturated carbocycles. The molecule has 1 heterocycles. The predicted octanol–water partition coefficient (Wildman–Crippen LogP) is 4.77. The summed E-state index contributed by atoms with van der Waals surface area (Å²) in [5.74, 6) is -0.415. The van der Waals surface area contributed by atoms with E-state index in [2.05, 4.69) is 0 Å². The number of likely N-dealkylation sites (N-methyl/N-ethyl adjacent to an activating group) is 1. The molecule has 1 amide bonds. The van der Waals surface area contributed by atoms with Gasteiger partial charge in [-0.1, -0.05) is 25.1 Å². The number of hydrogen-bond donors (Lipinski definition) is 1. The summed E-state index contributed by atoms with van der Waals surface area (Å²) in [5, 5.41) is 10.6. The van der Waals surface area contributed by atoms with Crippen LogP contribution < -0.4 is 4.74 Å². The van der Waals surface area contributed by atoms with E-state index in [0.717, 1.165) is 39.9 Å². The van der Waals surface area contributed by atoms with Gasteiger partial charge in [-0.2, -0.15) is 0 Å². The number of hydrogen-bond acceptors (Lipinski definition) is 3. The van der Waals surface area contributed by atoms with Crippen molar-refractivity contribution >= 4 is 22.8 Å². The monoisotopic (exact) mass is 466 g/mol. The number of methoxy groups -OCH3 is 1. The van der Waals surface area contributed by atoms with Crippen LogP contribution in [0.25, 0.3) is 10.9 Å². The quantitative estimate of drug-likeness (QED) is 0.519. The summed E-state index contributed by atoms with van der Waals surface area (Å²) in [5.41, 5.74) is 3.64. The van der Waals surface area contributed by atoms with Crippen LogP contribution in [0.4, 0.5) is 4.39 Å². The molecule has 0 fully saturated rings. The van der Waals surface area contributed by atoms with E-state index in [1.807, 2.05) is 42.8 Å². The Balaban J connectivity index is 1.58. The van der Waals surface area contributed by atoms with Crippen molar-refractivity contribution in [1.82, 2.24) is 9.47 Å². The largest absolute Gasteiger partial charge is 0.496 e. The number of aromatic nitrogens is 1. The summed E-state index contributed by atoms with van der Waals surface area (Å²) in [7, 11) is 3.45. The Morgan fingerprint density at radius 1 is 1.26 bits per heavy atom. The van der Waals surface area contributed by atoms with E-state index in [-0.39, 0.29) is 17.8 Å². The molecule has 2 aromatic carbocycles. The molecule has 1 aliphatic carbocycles. The van der Waals surface area contributed by atoms with E-state index in [1.54, 1.807) is 18.1 Å². The van der Waals surface area contributed by atoms with Crippen molar-refractivity contribution in [2.24, 2.45) is 0 Å². The zero-order valence-corrected chi connectivity index (χ0v) is 19.9. The Hall–Kier alpha value is -3.35. The van der Waals surface area contributed by atoms with Crippen molar-refractivity contribution in [1.29, 1.82) is 0 Å². The van der Waals surface area contributed by atoms with Crippen molar-refractivity contribution in [2.75, 3.05) is 14.2 Å². The first-order valence-electron chi connectivity index (χ1n) is 11.8. The van der Waals surface area contributed by atoms with Gasteiger partial charge in [-0.25, -0.2) is 9.18 Å². The average molecular weight is 467 g/mol. The number of carbonyl (C=O) groups excluding carboxylic acids is 1. The number of para-hydroxylation sites is 1. The van der Waals surface area contributed by atoms with Crippen molar-refractivity contribution in [3.8, 4) is 5.75 Å². The number of carboxylic acids is 1. The Kier molecular flexibility index (Phi) is 6.91. The summed E-state index contributed by atoms with van der Waals surface area (Å²) < 4.78 is 21.4. The number of ether oxygens (including phenoxy) is 1. The normalized spacial score (nSPS) is 16.2. The Labute approximate surface area is 198 Å². The smallest absolute Gasteiger partial charge is 0.326 e. The van der Waals surface area contributed by atoms with Crippen LogP contribution in [0.1, 0.15) is 49.0 Å². The Morgan fingerprint density at radius 2 is 2.03 bits per heavy atom. The van der Waals surface area contributed by atoms with Gasteiger partial charge in [0.05, 0.1) is 7.11 Å². The molecular weight excluding hydrogens is 435 g/mol. The molecule has 7 heteroatoms. The molecule has 0 radical (unpaired) electrons. The van der Waals surface area contributed by atoms with Crippen LogP contribution in [0.2, 0.25) is 0 Å². The van der Waals surface area contributed by atoms with E-state index in [4.69, 9.17) is 4.74 Å². The Bertz CT molecular complexity index is 1220. The van der Waals surface area contributed by atoms with Crippen LogP contribution in [0.15, 0.2) is 42.5 Å². The number of carboxylic acid groups (broad SMARTS) is 1. The summed E-state index contributed by atoms with van der Waals surface area (Å²) >= 11 is 0. The van der Waals surface area contributed by atoms with Gasteiger partial charge < -0.3 is 19.3 Å². The SMILES string of the molecule is CCC(C(=O)O)n1c2c(c3cc(F)ccc31)CC(N(C)C(=O)CCc1ccccc1OC)CC2. The lowest BCUT2D eigenvalue weighted by molar-refractivity contribution is -0.141. The number of fused-ring (bicyclic) bond motifs is 3. The first-order valence-corrected chi connectivity index (χ1v) is 11.8. The molecule has 0 bridgehead atoms. The summed E-state index contributed by atoms with van der Waals surface area (Å²) in [6, 6.07) is 11.5. The maximum atomic E-state index is 14.2. The van der Waals surface area contributed by atoms with E-state index < -0.39 is 12.0 Å². The summed E-state index contributed by atoms with van der Waals surface area (Å²) in [4.78, 5) is 26.8. The van der Waals surface area contributed by atoms with Gasteiger partial charge >= 0.3 is 5.97 Å². The van der Waals surface area contributed by atoms with Crippen LogP contribution in [-0.4, -0.2) is 46.6 Å². The lowest BCUT2D eigenvalue weighted by atomic mass is 9.90. The number of carbonyl (C=O) groups is 2. The molecule has 34 heavy (non-hydrogen) atoms. The molecule has 2 unspecified atom stereocenters. The zero-order valence-electron chi connectivity index (χ0n) is 19.9. The van der Waals surface area contributed by atoms with Crippen molar-refractivity contribution in [2.45, 2.75) is 57.5 Å². The van der Waals surface area contributed by atoms with Crippen molar-refractivity contribution in [3.05, 3.63) is 65.1 Å². The number of benzene rings is 2. The molecule has 3 aromatic rings. The fourth-order valence-corrected chi connectivity index (χ4v) is 5.23. The highest BCUT2D eigenvalue weighted by atomic mass is 19.1.